The zero-order valence-electron chi connectivity index (χ0n) is 29.0. The van der Waals surface area contributed by atoms with Gasteiger partial charge in [0, 0.05) is 11.6 Å². The lowest BCUT2D eigenvalue weighted by Gasteiger charge is -2.29. The van der Waals surface area contributed by atoms with Crippen molar-refractivity contribution in [3.8, 4) is 0 Å². The lowest BCUT2D eigenvalue weighted by atomic mass is 10.0. The molecule has 2 heterocycles. The molecule has 0 saturated carbocycles. The van der Waals surface area contributed by atoms with Crippen molar-refractivity contribution in [2.45, 2.75) is 67.8 Å². The Morgan fingerprint density at radius 2 is 1.70 bits per heavy atom. The maximum Gasteiger partial charge on any atom is 0.408 e. The second-order valence-corrected chi connectivity index (χ2v) is 15.5. The van der Waals surface area contributed by atoms with Gasteiger partial charge in [-0.1, -0.05) is 72.3 Å². The molecule has 0 spiro atoms. The number of aromatic nitrogens is 1. The van der Waals surface area contributed by atoms with Crippen LogP contribution in [0.5, 0.6) is 0 Å². The highest BCUT2D eigenvalue weighted by molar-refractivity contribution is 7.91. The molecule has 4 atom stereocenters. The Bertz CT molecular complexity index is 1990. The fourth-order valence-electron chi connectivity index (χ4n) is 6.13. The number of halogens is 1. The molecule has 53 heavy (non-hydrogen) atoms. The number of para-hydroxylation sites is 2. The van der Waals surface area contributed by atoms with Gasteiger partial charge in [0.2, 0.25) is 17.6 Å². The third-order valence-corrected chi connectivity index (χ3v) is 11.3. The number of nitrogens with two attached hydrogens (primary N) is 1. The molecule has 280 valence electrons. The van der Waals surface area contributed by atoms with Gasteiger partial charge in [-0.2, -0.15) is 0 Å². The second-order valence-electron chi connectivity index (χ2n) is 12.8. The number of benzene rings is 3. The van der Waals surface area contributed by atoms with Crippen LogP contribution in [0.25, 0.3) is 11.1 Å². The molecule has 4 N–H and O–H groups in total. The molecule has 13 nitrogen and oxygen atoms in total. The second kappa shape index (κ2) is 18.1. The van der Waals surface area contributed by atoms with E-state index in [1.807, 2.05) is 6.07 Å². The Morgan fingerprint density at radius 1 is 0.981 bits per heavy atom. The van der Waals surface area contributed by atoms with E-state index in [0.717, 1.165) is 10.5 Å². The Balaban J connectivity index is 1.39. The number of fused-ring (bicyclic) bond motifs is 1. The van der Waals surface area contributed by atoms with E-state index in [2.05, 4.69) is 22.2 Å². The van der Waals surface area contributed by atoms with E-state index in [9.17, 15) is 27.6 Å². The molecular weight excluding hydrogens is 722 g/mol. The highest BCUT2D eigenvalue weighted by Gasteiger charge is 2.47. The average Bonchev–Trinajstić information content (AvgIpc) is 3.81. The van der Waals surface area contributed by atoms with Crippen LogP contribution in [0.3, 0.4) is 0 Å². The molecule has 1 aliphatic rings. The SMILES string of the molecule is C=CC[C@@H](NC(=O)OCc1ccccc1)C(=O)N1C[C@H](S(=O)(=O)Cc2ccc(Cl)cc2)C[C@H]1C(=O)N[C@@H](CCCCN)C(=O)c1nc2ccccc2o1. The number of amides is 3. The summed E-state index contributed by atoms with van der Waals surface area (Å²) in [6, 6.07) is 18.5. The summed E-state index contributed by atoms with van der Waals surface area (Å²) < 4.78 is 38.6. The van der Waals surface area contributed by atoms with Crippen molar-refractivity contribution in [3.63, 3.8) is 0 Å². The first-order chi connectivity index (χ1) is 25.5. The van der Waals surface area contributed by atoms with Crippen LogP contribution in [-0.4, -0.2) is 78.5 Å². The van der Waals surface area contributed by atoms with E-state index in [1.54, 1.807) is 72.8 Å². The predicted octanol–water partition coefficient (Wildman–Crippen LogP) is 4.73. The van der Waals surface area contributed by atoms with Gasteiger partial charge in [0.15, 0.2) is 15.4 Å². The predicted molar refractivity (Wildman–Crippen MR) is 200 cm³/mol. The lowest BCUT2D eigenvalue weighted by molar-refractivity contribution is -0.140. The number of rotatable bonds is 17. The Labute approximate surface area is 312 Å². The normalized spacial score (nSPS) is 16.8. The molecule has 1 aromatic heterocycles. The third-order valence-electron chi connectivity index (χ3n) is 8.93. The fourth-order valence-corrected chi connectivity index (χ4v) is 8.01. The Kier molecular flexibility index (Phi) is 13.4. The van der Waals surface area contributed by atoms with Crippen molar-refractivity contribution in [2.75, 3.05) is 13.1 Å². The largest absolute Gasteiger partial charge is 0.445 e. The van der Waals surface area contributed by atoms with Crippen molar-refractivity contribution < 1.29 is 36.7 Å². The van der Waals surface area contributed by atoms with Gasteiger partial charge in [-0.25, -0.2) is 18.2 Å². The maximum atomic E-state index is 14.2. The van der Waals surface area contributed by atoms with Crippen LogP contribution in [0.15, 0.2) is 95.9 Å². The number of ketones is 1. The average molecular weight is 764 g/mol. The minimum absolute atomic E-state index is 0.0375. The van der Waals surface area contributed by atoms with Crippen molar-refractivity contribution in [1.82, 2.24) is 20.5 Å². The summed E-state index contributed by atoms with van der Waals surface area (Å²) in [6.45, 7) is 3.67. The molecule has 5 rings (SSSR count). The minimum atomic E-state index is -3.93. The van der Waals surface area contributed by atoms with Crippen LogP contribution in [0, 0.1) is 0 Å². The zero-order chi connectivity index (χ0) is 38.0. The number of hydrogen-bond donors (Lipinski definition) is 3. The number of alkyl carbamates (subject to hydrolysis) is 1. The molecule has 0 aliphatic carbocycles. The van der Waals surface area contributed by atoms with Gasteiger partial charge in [0.05, 0.1) is 17.0 Å². The molecule has 3 amide bonds. The lowest BCUT2D eigenvalue weighted by Crippen LogP contribution is -2.55. The summed E-state index contributed by atoms with van der Waals surface area (Å²) in [5, 5.41) is 4.60. The molecule has 1 aliphatic heterocycles. The van der Waals surface area contributed by atoms with Crippen LogP contribution in [0.1, 0.15) is 53.9 Å². The summed E-state index contributed by atoms with van der Waals surface area (Å²) in [6.07, 6.45) is 1.49. The summed E-state index contributed by atoms with van der Waals surface area (Å²) in [7, 11) is -3.93. The number of ether oxygens (including phenoxy) is 1. The van der Waals surface area contributed by atoms with Gasteiger partial charge < -0.3 is 30.4 Å². The monoisotopic (exact) mass is 763 g/mol. The number of oxazole rings is 1. The van der Waals surface area contributed by atoms with E-state index in [1.165, 1.54) is 6.08 Å². The number of sulfone groups is 1. The van der Waals surface area contributed by atoms with Crippen molar-refractivity contribution >= 4 is 56.2 Å². The zero-order valence-corrected chi connectivity index (χ0v) is 30.6. The van der Waals surface area contributed by atoms with Gasteiger partial charge >= 0.3 is 6.09 Å². The highest BCUT2D eigenvalue weighted by Crippen LogP contribution is 2.28. The van der Waals surface area contributed by atoms with Crippen LogP contribution < -0.4 is 16.4 Å². The number of hydrogen-bond acceptors (Lipinski definition) is 10. The van der Waals surface area contributed by atoms with Crippen LogP contribution >= 0.6 is 11.6 Å². The summed E-state index contributed by atoms with van der Waals surface area (Å²) in [4.78, 5) is 60.4. The number of likely N-dealkylation sites (tertiary alicyclic amines) is 1. The van der Waals surface area contributed by atoms with Crippen molar-refractivity contribution in [3.05, 3.63) is 114 Å². The number of nitrogens with one attached hydrogen (secondary N) is 2. The number of unbranched alkanes of at least 4 members (excludes halogenated alkanes) is 1. The Hall–Kier alpha value is -5.05. The first-order valence-corrected chi connectivity index (χ1v) is 19.3. The molecule has 1 saturated heterocycles. The molecular formula is C38H42ClN5O8S. The summed E-state index contributed by atoms with van der Waals surface area (Å²) >= 11 is 6.00. The maximum absolute atomic E-state index is 14.2. The van der Waals surface area contributed by atoms with Crippen molar-refractivity contribution in [1.29, 1.82) is 0 Å². The minimum Gasteiger partial charge on any atom is -0.445 e. The van der Waals surface area contributed by atoms with E-state index >= 15 is 0 Å². The number of carbonyl (C=O) groups is 4. The first kappa shape index (κ1) is 39.2. The fraction of sp³-hybridized carbons (Fsp3) is 0.342. The van der Waals surface area contributed by atoms with Crippen molar-refractivity contribution in [2.24, 2.45) is 5.73 Å². The highest BCUT2D eigenvalue weighted by atomic mass is 35.5. The van der Waals surface area contributed by atoms with Gasteiger partial charge in [0.1, 0.15) is 24.2 Å². The Morgan fingerprint density at radius 3 is 2.40 bits per heavy atom. The standard InChI is InChI=1S/C38H42ClN5O8S/c1-2-10-31(43-38(48)51-23-25-11-4-3-5-12-25)37(47)44-22-28(53(49,50)24-26-16-18-27(39)19-17-26)21-32(44)35(46)41-30(14-8-9-20-40)34(45)36-42-29-13-6-7-15-33(29)52-36/h2-7,11-13,15-19,28,30-32H,1,8-10,14,20-24,40H2,(H,41,46)(H,43,48)/t28-,30+,31-,32+/m1/s1. The molecule has 0 bridgehead atoms. The van der Waals surface area contributed by atoms with Gasteiger partial charge in [-0.05, 0) is 74.0 Å². The molecule has 4 aromatic rings. The molecule has 0 radical (unpaired) electrons. The summed E-state index contributed by atoms with van der Waals surface area (Å²) in [5.74, 6) is -2.59. The molecule has 0 unspecified atom stereocenters. The van der Waals surface area contributed by atoms with E-state index < -0.39 is 56.9 Å². The topological polar surface area (TPSA) is 191 Å². The van der Waals surface area contributed by atoms with Gasteiger partial charge in [0.25, 0.3) is 5.89 Å². The smallest absolute Gasteiger partial charge is 0.408 e. The van der Waals surface area contributed by atoms with Crippen LogP contribution in [-0.2, 0) is 36.5 Å². The van der Waals surface area contributed by atoms with E-state index in [-0.39, 0.29) is 44.1 Å². The number of carbonyl (C=O) groups excluding carboxylic acids is 4. The molecule has 15 heteroatoms. The number of nitrogens with zero attached hydrogens (tertiary/aromatic N) is 2. The third kappa shape index (κ3) is 10.3. The van der Waals surface area contributed by atoms with Crippen LogP contribution in [0.4, 0.5) is 4.79 Å². The van der Waals surface area contributed by atoms with Gasteiger partial charge in [-0.15, -0.1) is 6.58 Å². The van der Waals surface area contributed by atoms with E-state index in [4.69, 9.17) is 26.5 Å². The summed E-state index contributed by atoms with van der Waals surface area (Å²) in [5.41, 5.74) is 7.78. The van der Waals surface area contributed by atoms with E-state index in [0.29, 0.717) is 41.1 Å². The number of Topliss-reactive ketones (excluding diaryl/α,β-unsaturated/α-hetero) is 1. The quantitative estimate of drug-likeness (QED) is 0.0770. The van der Waals surface area contributed by atoms with Gasteiger partial charge in [-0.3, -0.25) is 14.4 Å². The molecule has 3 aromatic carbocycles. The van der Waals surface area contributed by atoms with Crippen LogP contribution in [0.2, 0.25) is 5.02 Å². The first-order valence-electron chi connectivity index (χ1n) is 17.2. The molecule has 1 fully saturated rings.